The molecule has 1 aliphatic heterocycles. The molecule has 1 N–H and O–H groups in total. The van der Waals surface area contributed by atoms with Crippen LogP contribution in [0.3, 0.4) is 0 Å². The van der Waals surface area contributed by atoms with E-state index in [9.17, 15) is 14.7 Å². The average Bonchev–Trinajstić information content (AvgIpc) is 3.36. The highest BCUT2D eigenvalue weighted by Gasteiger charge is 2.31. The molecule has 2 heterocycles. The Labute approximate surface area is 248 Å². The van der Waals surface area contributed by atoms with Crippen molar-refractivity contribution in [1.29, 1.82) is 0 Å². The standard InChI is InChI=1S/C34H44N2O4S/c1-32(2,3)25-18-22(19-26(28(25)37)33(4,5)6)27-20-41-29(35-27)21-14-16-36(17-15-21)30(38)23-12-10-11-13-24(23)31(39)40-34(7,8)9/h10-13,18-21,37H,14-17H2,1-9H3. The number of hydrogen-bond acceptors (Lipinski definition) is 6. The molecule has 1 fully saturated rings. The zero-order chi connectivity index (χ0) is 30.3. The highest BCUT2D eigenvalue weighted by Crippen LogP contribution is 2.42. The Kier molecular flexibility index (Phi) is 8.43. The molecule has 3 aromatic rings. The first-order valence-electron chi connectivity index (χ1n) is 14.4. The number of aromatic nitrogens is 1. The fourth-order valence-corrected chi connectivity index (χ4v) is 6.21. The number of ether oxygens (including phenoxy) is 1. The van der Waals surface area contributed by atoms with E-state index in [2.05, 4.69) is 59.1 Å². The van der Waals surface area contributed by atoms with E-state index >= 15 is 0 Å². The number of phenols is 1. The van der Waals surface area contributed by atoms with E-state index < -0.39 is 11.6 Å². The Hall–Kier alpha value is -3.19. The summed E-state index contributed by atoms with van der Waals surface area (Å²) >= 11 is 1.66. The summed E-state index contributed by atoms with van der Waals surface area (Å²) in [4.78, 5) is 33.1. The van der Waals surface area contributed by atoms with Gasteiger partial charge in [0.05, 0.1) is 21.8 Å². The minimum atomic E-state index is -0.638. The Morgan fingerprint density at radius 2 is 1.44 bits per heavy atom. The quantitative estimate of drug-likeness (QED) is 0.318. The van der Waals surface area contributed by atoms with Crippen LogP contribution in [-0.2, 0) is 15.6 Å². The molecule has 0 aliphatic carbocycles. The summed E-state index contributed by atoms with van der Waals surface area (Å²) in [5.74, 6) is 0.0121. The molecule has 0 unspecified atom stereocenters. The van der Waals surface area contributed by atoms with E-state index in [4.69, 9.17) is 9.72 Å². The largest absolute Gasteiger partial charge is 0.507 e. The average molecular weight is 577 g/mol. The van der Waals surface area contributed by atoms with Crippen LogP contribution >= 0.6 is 11.3 Å². The molecule has 2 aromatic carbocycles. The molecule has 1 saturated heterocycles. The lowest BCUT2D eigenvalue weighted by atomic mass is 9.78. The van der Waals surface area contributed by atoms with Crippen molar-refractivity contribution in [3.63, 3.8) is 0 Å². The summed E-state index contributed by atoms with van der Waals surface area (Å²) < 4.78 is 5.54. The van der Waals surface area contributed by atoms with Gasteiger partial charge in [0.2, 0.25) is 0 Å². The van der Waals surface area contributed by atoms with E-state index in [1.807, 2.05) is 25.7 Å². The SMILES string of the molecule is CC(C)(C)OC(=O)c1ccccc1C(=O)N1CCC(c2nc(-c3cc(C(C)(C)C)c(O)c(C(C)(C)C)c3)cs2)CC1. The molecular weight excluding hydrogens is 532 g/mol. The van der Waals surface area contributed by atoms with Gasteiger partial charge < -0.3 is 14.7 Å². The van der Waals surface area contributed by atoms with Gasteiger partial charge in [-0.3, -0.25) is 4.79 Å². The molecule has 41 heavy (non-hydrogen) atoms. The van der Waals surface area contributed by atoms with E-state index in [1.54, 1.807) is 35.6 Å². The van der Waals surface area contributed by atoms with Crippen molar-refractivity contribution in [2.24, 2.45) is 0 Å². The Bertz CT molecular complexity index is 1390. The van der Waals surface area contributed by atoms with E-state index in [0.29, 0.717) is 30.0 Å². The van der Waals surface area contributed by atoms with Crippen LogP contribution in [0, 0.1) is 0 Å². The summed E-state index contributed by atoms with van der Waals surface area (Å²) in [6.07, 6.45) is 1.62. The van der Waals surface area contributed by atoms with Gasteiger partial charge in [-0.05, 0) is 68.7 Å². The highest BCUT2D eigenvalue weighted by molar-refractivity contribution is 7.10. The number of esters is 1. The number of carbonyl (C=O) groups excluding carboxylic acids is 2. The zero-order valence-corrected chi connectivity index (χ0v) is 26.7. The third-order valence-electron chi connectivity index (χ3n) is 7.45. The molecular formula is C34H44N2O4S. The van der Waals surface area contributed by atoms with Gasteiger partial charge in [-0.15, -0.1) is 11.3 Å². The summed E-state index contributed by atoms with van der Waals surface area (Å²) in [6.45, 7) is 19.4. The predicted octanol–water partition coefficient (Wildman–Crippen LogP) is 8.09. The van der Waals surface area contributed by atoms with Crippen molar-refractivity contribution in [2.75, 3.05) is 13.1 Å². The van der Waals surface area contributed by atoms with E-state index in [1.165, 1.54) is 0 Å². The Morgan fingerprint density at radius 3 is 1.95 bits per heavy atom. The molecule has 0 bridgehead atoms. The lowest BCUT2D eigenvalue weighted by Gasteiger charge is -2.31. The predicted molar refractivity (Wildman–Crippen MR) is 166 cm³/mol. The number of phenolic OH excluding ortho intramolecular Hbond substituents is 1. The lowest BCUT2D eigenvalue weighted by molar-refractivity contribution is 0.00664. The normalized spacial score (nSPS) is 15.2. The minimum absolute atomic E-state index is 0.141. The number of amides is 1. The first-order valence-corrected chi connectivity index (χ1v) is 15.3. The summed E-state index contributed by atoms with van der Waals surface area (Å²) in [5.41, 5.74) is 3.42. The maximum absolute atomic E-state index is 13.5. The Morgan fingerprint density at radius 1 is 0.902 bits per heavy atom. The van der Waals surface area contributed by atoms with Crippen molar-refractivity contribution in [2.45, 2.75) is 97.5 Å². The minimum Gasteiger partial charge on any atom is -0.507 e. The molecule has 1 aliphatic rings. The van der Waals surface area contributed by atoms with Crippen LogP contribution in [0.4, 0.5) is 0 Å². The molecule has 6 nitrogen and oxygen atoms in total. The van der Waals surface area contributed by atoms with Crippen molar-refractivity contribution >= 4 is 23.2 Å². The monoisotopic (exact) mass is 576 g/mol. The Balaban J connectivity index is 1.51. The molecule has 1 aromatic heterocycles. The topological polar surface area (TPSA) is 79.7 Å². The van der Waals surface area contributed by atoms with Crippen molar-refractivity contribution in [3.8, 4) is 17.0 Å². The van der Waals surface area contributed by atoms with Crippen LogP contribution in [-0.4, -0.2) is 45.6 Å². The zero-order valence-electron chi connectivity index (χ0n) is 25.9. The molecule has 220 valence electrons. The lowest BCUT2D eigenvalue weighted by Crippen LogP contribution is -2.38. The molecule has 7 heteroatoms. The van der Waals surface area contributed by atoms with Crippen LogP contribution in [0.15, 0.2) is 41.8 Å². The van der Waals surface area contributed by atoms with Gasteiger partial charge in [0.25, 0.3) is 5.91 Å². The van der Waals surface area contributed by atoms with Crippen molar-refractivity contribution in [1.82, 2.24) is 9.88 Å². The molecule has 1 amide bonds. The van der Waals surface area contributed by atoms with Gasteiger partial charge >= 0.3 is 5.97 Å². The molecule has 4 rings (SSSR count). The van der Waals surface area contributed by atoms with Gasteiger partial charge in [0.15, 0.2) is 0 Å². The van der Waals surface area contributed by atoms with Gasteiger partial charge in [0, 0.05) is 41.1 Å². The van der Waals surface area contributed by atoms with Gasteiger partial charge in [-0.2, -0.15) is 0 Å². The number of carbonyl (C=O) groups is 2. The van der Waals surface area contributed by atoms with Crippen molar-refractivity contribution in [3.05, 3.63) is 69.0 Å². The third-order valence-corrected chi connectivity index (χ3v) is 8.46. The maximum Gasteiger partial charge on any atom is 0.339 e. The second-order valence-corrected chi connectivity index (χ2v) is 15.0. The number of hydrogen-bond donors (Lipinski definition) is 1. The fraction of sp³-hybridized carbons (Fsp3) is 0.500. The van der Waals surface area contributed by atoms with Gasteiger partial charge in [0.1, 0.15) is 11.4 Å². The molecule has 0 radical (unpaired) electrons. The molecule has 0 spiro atoms. The first-order chi connectivity index (χ1) is 19.0. The van der Waals surface area contributed by atoms with Crippen LogP contribution < -0.4 is 0 Å². The second-order valence-electron chi connectivity index (χ2n) is 14.1. The summed E-state index contributed by atoms with van der Waals surface area (Å²) in [7, 11) is 0. The number of likely N-dealkylation sites (tertiary alicyclic amines) is 1. The number of piperidine rings is 1. The maximum atomic E-state index is 13.5. The van der Waals surface area contributed by atoms with Crippen LogP contribution in [0.1, 0.15) is 118 Å². The smallest absolute Gasteiger partial charge is 0.339 e. The summed E-state index contributed by atoms with van der Waals surface area (Å²) in [6, 6.07) is 11.1. The first kappa shape index (κ1) is 30.8. The highest BCUT2D eigenvalue weighted by atomic mass is 32.1. The number of thiazole rings is 1. The number of rotatable bonds is 4. The summed E-state index contributed by atoms with van der Waals surface area (Å²) in [5, 5.41) is 14.3. The van der Waals surface area contributed by atoms with Gasteiger partial charge in [-0.1, -0.05) is 53.7 Å². The van der Waals surface area contributed by atoms with Gasteiger partial charge in [-0.25, -0.2) is 9.78 Å². The van der Waals surface area contributed by atoms with E-state index in [-0.39, 0.29) is 22.7 Å². The molecule has 0 saturated carbocycles. The third kappa shape index (κ3) is 7.00. The number of aromatic hydroxyl groups is 1. The number of nitrogens with zero attached hydrogens (tertiary/aromatic N) is 2. The van der Waals surface area contributed by atoms with Crippen LogP contribution in [0.25, 0.3) is 11.3 Å². The van der Waals surface area contributed by atoms with Crippen LogP contribution in [0.2, 0.25) is 0 Å². The van der Waals surface area contributed by atoms with Crippen molar-refractivity contribution < 1.29 is 19.4 Å². The number of benzene rings is 2. The molecule has 0 atom stereocenters. The second kappa shape index (κ2) is 11.2. The van der Waals surface area contributed by atoms with E-state index in [0.717, 1.165) is 40.2 Å². The fourth-order valence-electron chi connectivity index (χ4n) is 5.21. The van der Waals surface area contributed by atoms with Crippen LogP contribution in [0.5, 0.6) is 5.75 Å².